The van der Waals surface area contributed by atoms with Crippen molar-refractivity contribution in [2.24, 2.45) is 0 Å². The highest BCUT2D eigenvalue weighted by Crippen LogP contribution is 2.41. The third-order valence-electron chi connectivity index (χ3n) is 5.29. The van der Waals surface area contributed by atoms with Crippen molar-refractivity contribution in [3.63, 3.8) is 0 Å². The summed E-state index contributed by atoms with van der Waals surface area (Å²) >= 11 is 0. The van der Waals surface area contributed by atoms with Crippen LogP contribution in [0.2, 0.25) is 0 Å². The summed E-state index contributed by atoms with van der Waals surface area (Å²) in [5, 5.41) is 0. The van der Waals surface area contributed by atoms with E-state index in [4.69, 9.17) is 0 Å². The summed E-state index contributed by atoms with van der Waals surface area (Å²) in [4.78, 5) is 2.32. The van der Waals surface area contributed by atoms with Crippen molar-refractivity contribution in [1.29, 1.82) is 0 Å². The van der Waals surface area contributed by atoms with Crippen LogP contribution in [0.1, 0.15) is 19.3 Å². The number of anilines is 2. The molecule has 0 N–H and O–H groups in total. The highest BCUT2D eigenvalue weighted by molar-refractivity contribution is 7.93. The first-order valence-corrected chi connectivity index (χ1v) is 12.3. The fourth-order valence-electron chi connectivity index (χ4n) is 3.94. The predicted molar refractivity (Wildman–Crippen MR) is 106 cm³/mol. The first-order chi connectivity index (χ1) is 12.8. The maximum absolute atomic E-state index is 13.4. The molecule has 0 radical (unpaired) electrons. The van der Waals surface area contributed by atoms with Crippen LogP contribution in [0.4, 0.5) is 11.4 Å². The Hall–Kier alpha value is -2.06. The largest absolute Gasteiger partial charge is 0.365 e. The molecule has 144 valence electrons. The van der Waals surface area contributed by atoms with Gasteiger partial charge in [0.1, 0.15) is 0 Å². The molecule has 1 unspecified atom stereocenters. The van der Waals surface area contributed by atoms with Crippen LogP contribution in [0.25, 0.3) is 0 Å². The topological polar surface area (TPSA) is 74.8 Å². The number of para-hydroxylation sites is 2. The van der Waals surface area contributed by atoms with E-state index in [0.717, 1.165) is 37.8 Å². The third-order valence-corrected chi connectivity index (χ3v) is 8.17. The lowest BCUT2D eigenvalue weighted by atomic mass is 9.98. The van der Waals surface area contributed by atoms with E-state index in [-0.39, 0.29) is 15.8 Å². The van der Waals surface area contributed by atoms with E-state index in [9.17, 15) is 16.8 Å². The van der Waals surface area contributed by atoms with Crippen LogP contribution < -0.4 is 9.21 Å². The summed E-state index contributed by atoms with van der Waals surface area (Å²) in [6, 6.07) is 13.3. The van der Waals surface area contributed by atoms with Gasteiger partial charge in [0.05, 0.1) is 27.7 Å². The van der Waals surface area contributed by atoms with E-state index < -0.39 is 19.9 Å². The third kappa shape index (κ3) is 3.21. The van der Waals surface area contributed by atoms with Crippen LogP contribution in [0, 0.1) is 0 Å². The Morgan fingerprint density at radius 3 is 2.33 bits per heavy atom. The van der Waals surface area contributed by atoms with Gasteiger partial charge in [-0.3, -0.25) is 4.31 Å². The minimum Gasteiger partial charge on any atom is -0.365 e. The fourth-order valence-corrected chi connectivity index (χ4v) is 6.24. The summed E-state index contributed by atoms with van der Waals surface area (Å²) in [7, 11) is -7.35. The standard InChI is InChI=1S/C19H22N2O4S2/c1-26(22,23)16-8-6-9-17(13-16)27(24,25)21-14-15-7-4-5-12-20(15)18-10-2-3-11-19(18)21/h2-3,6,8-11,13,15H,4-5,7,12,14H2,1H3. The number of nitrogens with zero attached hydrogens (tertiary/aromatic N) is 2. The molecular weight excluding hydrogens is 384 g/mol. The number of rotatable bonds is 3. The van der Waals surface area contributed by atoms with Gasteiger partial charge in [0.2, 0.25) is 0 Å². The Morgan fingerprint density at radius 2 is 1.59 bits per heavy atom. The molecule has 4 rings (SSSR count). The number of fused-ring (bicyclic) bond motifs is 3. The van der Waals surface area contributed by atoms with Crippen molar-refractivity contribution in [2.75, 3.05) is 28.6 Å². The van der Waals surface area contributed by atoms with Gasteiger partial charge in [-0.15, -0.1) is 0 Å². The Bertz CT molecular complexity index is 1080. The lowest BCUT2D eigenvalue weighted by Crippen LogP contribution is -2.52. The van der Waals surface area contributed by atoms with E-state index in [0.29, 0.717) is 12.2 Å². The number of hydrogen-bond donors (Lipinski definition) is 0. The summed E-state index contributed by atoms with van der Waals surface area (Å²) in [6.07, 6.45) is 4.22. The van der Waals surface area contributed by atoms with Gasteiger partial charge in [0, 0.05) is 18.8 Å². The molecule has 0 bridgehead atoms. The van der Waals surface area contributed by atoms with E-state index in [1.54, 1.807) is 0 Å². The summed E-state index contributed by atoms with van der Waals surface area (Å²) in [6.45, 7) is 1.31. The Kier molecular flexibility index (Phi) is 4.43. The quantitative estimate of drug-likeness (QED) is 0.783. The molecule has 0 aromatic heterocycles. The van der Waals surface area contributed by atoms with Gasteiger partial charge in [-0.25, -0.2) is 16.8 Å². The van der Waals surface area contributed by atoms with Crippen molar-refractivity contribution < 1.29 is 16.8 Å². The average molecular weight is 407 g/mol. The fraction of sp³-hybridized carbons (Fsp3) is 0.368. The second-order valence-corrected chi connectivity index (χ2v) is 11.0. The number of piperidine rings is 1. The Labute approximate surface area is 160 Å². The summed E-state index contributed by atoms with van der Waals surface area (Å²) in [5.74, 6) is 0. The Morgan fingerprint density at radius 1 is 0.889 bits per heavy atom. The van der Waals surface area contributed by atoms with Crippen molar-refractivity contribution in [3.8, 4) is 0 Å². The molecule has 1 saturated heterocycles. The average Bonchev–Trinajstić information content (AvgIpc) is 2.67. The number of hydrogen-bond acceptors (Lipinski definition) is 5. The molecule has 2 aliphatic heterocycles. The van der Waals surface area contributed by atoms with Gasteiger partial charge in [-0.05, 0) is 49.6 Å². The molecule has 2 aromatic rings. The summed E-state index contributed by atoms with van der Waals surface area (Å²) in [5.41, 5.74) is 1.58. The molecule has 2 aromatic carbocycles. The van der Waals surface area contributed by atoms with Crippen molar-refractivity contribution >= 4 is 31.2 Å². The zero-order chi connectivity index (χ0) is 19.2. The van der Waals surface area contributed by atoms with Crippen LogP contribution in [0.3, 0.4) is 0 Å². The van der Waals surface area contributed by atoms with Crippen LogP contribution in [-0.2, 0) is 19.9 Å². The molecule has 27 heavy (non-hydrogen) atoms. The minimum absolute atomic E-state index is 0.00416. The second-order valence-electron chi connectivity index (χ2n) is 7.11. The number of sulfone groups is 1. The molecule has 1 fully saturated rings. The van der Waals surface area contributed by atoms with Gasteiger partial charge >= 0.3 is 0 Å². The van der Waals surface area contributed by atoms with Crippen LogP contribution in [0.5, 0.6) is 0 Å². The molecular formula is C19H22N2O4S2. The van der Waals surface area contributed by atoms with Gasteiger partial charge in [0.15, 0.2) is 9.84 Å². The van der Waals surface area contributed by atoms with Crippen molar-refractivity contribution in [1.82, 2.24) is 0 Å². The van der Waals surface area contributed by atoms with Crippen LogP contribution in [-0.4, -0.2) is 42.2 Å². The zero-order valence-electron chi connectivity index (χ0n) is 15.1. The first kappa shape index (κ1) is 18.3. The van der Waals surface area contributed by atoms with Crippen LogP contribution in [0.15, 0.2) is 58.3 Å². The molecule has 6 nitrogen and oxygen atoms in total. The summed E-state index contributed by atoms with van der Waals surface area (Å²) < 4.78 is 52.0. The van der Waals surface area contributed by atoms with Gasteiger partial charge in [-0.2, -0.15) is 0 Å². The zero-order valence-corrected chi connectivity index (χ0v) is 16.7. The minimum atomic E-state index is -3.87. The number of benzene rings is 2. The number of sulfonamides is 1. The molecule has 0 spiro atoms. The highest BCUT2D eigenvalue weighted by Gasteiger charge is 2.38. The molecule has 0 aliphatic carbocycles. The maximum atomic E-state index is 13.4. The lowest BCUT2D eigenvalue weighted by molar-refractivity contribution is 0.454. The van der Waals surface area contributed by atoms with E-state index in [1.165, 1.54) is 28.6 Å². The van der Waals surface area contributed by atoms with E-state index in [2.05, 4.69) is 4.90 Å². The first-order valence-electron chi connectivity index (χ1n) is 8.97. The highest BCUT2D eigenvalue weighted by atomic mass is 32.2. The van der Waals surface area contributed by atoms with E-state index >= 15 is 0 Å². The van der Waals surface area contributed by atoms with E-state index in [1.807, 2.05) is 24.3 Å². The SMILES string of the molecule is CS(=O)(=O)c1cccc(S(=O)(=O)N2CC3CCCCN3c3ccccc32)c1. The molecule has 8 heteroatoms. The monoisotopic (exact) mass is 406 g/mol. The van der Waals surface area contributed by atoms with Gasteiger partial charge < -0.3 is 4.90 Å². The molecule has 2 heterocycles. The normalized spacial score (nSPS) is 20.1. The van der Waals surface area contributed by atoms with Gasteiger partial charge in [-0.1, -0.05) is 18.2 Å². The Balaban J connectivity index is 1.82. The molecule has 0 saturated carbocycles. The molecule has 2 aliphatic rings. The van der Waals surface area contributed by atoms with Crippen LogP contribution >= 0.6 is 0 Å². The maximum Gasteiger partial charge on any atom is 0.264 e. The van der Waals surface area contributed by atoms with Gasteiger partial charge in [0.25, 0.3) is 10.0 Å². The van der Waals surface area contributed by atoms with Crippen molar-refractivity contribution in [2.45, 2.75) is 35.1 Å². The smallest absolute Gasteiger partial charge is 0.264 e. The van der Waals surface area contributed by atoms with Crippen molar-refractivity contribution in [3.05, 3.63) is 48.5 Å². The second kappa shape index (κ2) is 6.53. The molecule has 1 atom stereocenters. The lowest BCUT2D eigenvalue weighted by Gasteiger charge is -2.46. The molecule has 0 amide bonds. The predicted octanol–water partition coefficient (Wildman–Crippen LogP) is 2.66.